The maximum absolute atomic E-state index is 13.3. The van der Waals surface area contributed by atoms with Crippen LogP contribution in [0.15, 0.2) is 53.5 Å². The van der Waals surface area contributed by atoms with Crippen molar-refractivity contribution in [2.24, 2.45) is 5.92 Å². The van der Waals surface area contributed by atoms with E-state index in [4.69, 9.17) is 4.52 Å². The number of anilines is 1. The molecule has 0 fully saturated rings. The first kappa shape index (κ1) is 28.5. The third-order valence-corrected chi connectivity index (χ3v) is 7.16. The molecule has 0 atom stereocenters. The van der Waals surface area contributed by atoms with Crippen molar-refractivity contribution in [2.75, 3.05) is 18.0 Å². The first-order valence-corrected chi connectivity index (χ1v) is 14.1. The highest BCUT2D eigenvalue weighted by Gasteiger charge is 2.21. The molecule has 8 heteroatoms. The summed E-state index contributed by atoms with van der Waals surface area (Å²) in [5.41, 5.74) is 5.36. The molecule has 3 aromatic rings. The second kappa shape index (κ2) is 14.0. The van der Waals surface area contributed by atoms with Crippen molar-refractivity contribution >= 4 is 17.5 Å². The van der Waals surface area contributed by atoms with Gasteiger partial charge in [0.1, 0.15) is 6.26 Å². The van der Waals surface area contributed by atoms with Gasteiger partial charge in [-0.05, 0) is 67.1 Å². The standard InChI is InChI=1S/C31H41N5O3/c1-23(2)16-29-28(22-39-34-29)19-33-31(38)26-11-12-30-27(17-26)21-35(20-25-10-9-13-32-18-25)14-7-5-4-6-8-15-36(30)24(3)37/h9-13,17-18,22-23H,4-8,14-16,19-21H2,1-3H3,(H,33,38). The van der Waals surface area contributed by atoms with Gasteiger partial charge in [0.25, 0.3) is 5.91 Å². The Hall–Kier alpha value is -3.52. The zero-order chi connectivity index (χ0) is 27.6. The molecule has 0 unspecified atom stereocenters. The number of aromatic nitrogens is 2. The van der Waals surface area contributed by atoms with Crippen LogP contribution >= 0.6 is 0 Å². The SMILES string of the molecule is CC(=O)N1CCCCCCCN(Cc2cccnc2)Cc2cc(C(=O)NCc3conc3CC(C)C)ccc21. The van der Waals surface area contributed by atoms with Gasteiger partial charge in [0.2, 0.25) is 5.91 Å². The Kier molecular flexibility index (Phi) is 10.3. The number of amides is 2. The van der Waals surface area contributed by atoms with E-state index >= 15 is 0 Å². The van der Waals surface area contributed by atoms with Gasteiger partial charge in [0, 0.05) is 62.3 Å². The van der Waals surface area contributed by atoms with Crippen molar-refractivity contribution in [2.45, 2.75) is 78.9 Å². The monoisotopic (exact) mass is 531 g/mol. The number of rotatable bonds is 7. The van der Waals surface area contributed by atoms with Crippen LogP contribution in [0.1, 0.15) is 85.6 Å². The third kappa shape index (κ3) is 8.23. The molecule has 4 rings (SSSR count). The quantitative estimate of drug-likeness (QED) is 0.432. The summed E-state index contributed by atoms with van der Waals surface area (Å²) in [6.45, 7) is 9.26. The summed E-state index contributed by atoms with van der Waals surface area (Å²) >= 11 is 0. The predicted molar refractivity (Wildman–Crippen MR) is 152 cm³/mol. The lowest BCUT2D eigenvalue weighted by Crippen LogP contribution is -2.33. The van der Waals surface area contributed by atoms with Crippen molar-refractivity contribution in [3.8, 4) is 0 Å². The van der Waals surface area contributed by atoms with Gasteiger partial charge in [-0.1, -0.05) is 44.3 Å². The summed E-state index contributed by atoms with van der Waals surface area (Å²) in [6.07, 6.45) is 11.6. The molecule has 0 bridgehead atoms. The maximum atomic E-state index is 13.3. The molecule has 2 aromatic heterocycles. The number of hydrogen-bond acceptors (Lipinski definition) is 6. The Morgan fingerprint density at radius 2 is 1.87 bits per heavy atom. The minimum atomic E-state index is -0.159. The molecule has 1 aliphatic heterocycles. The van der Waals surface area contributed by atoms with Gasteiger partial charge in [-0.2, -0.15) is 0 Å². The van der Waals surface area contributed by atoms with E-state index in [9.17, 15) is 9.59 Å². The minimum Gasteiger partial charge on any atom is -0.364 e. The highest BCUT2D eigenvalue weighted by Crippen LogP contribution is 2.27. The summed E-state index contributed by atoms with van der Waals surface area (Å²) in [5.74, 6) is 0.307. The van der Waals surface area contributed by atoms with E-state index < -0.39 is 0 Å². The predicted octanol–water partition coefficient (Wildman–Crippen LogP) is 5.52. The van der Waals surface area contributed by atoms with E-state index in [-0.39, 0.29) is 11.8 Å². The van der Waals surface area contributed by atoms with Crippen molar-refractivity contribution in [3.05, 3.63) is 76.9 Å². The zero-order valence-electron chi connectivity index (χ0n) is 23.5. The van der Waals surface area contributed by atoms with Gasteiger partial charge in [-0.15, -0.1) is 0 Å². The average molecular weight is 532 g/mol. The molecule has 3 heterocycles. The van der Waals surface area contributed by atoms with Crippen molar-refractivity contribution in [3.63, 3.8) is 0 Å². The number of nitrogens with zero attached hydrogens (tertiary/aromatic N) is 4. The van der Waals surface area contributed by atoms with E-state index in [1.165, 1.54) is 12.8 Å². The fourth-order valence-corrected chi connectivity index (χ4v) is 5.16. The number of carbonyl (C=O) groups excluding carboxylic acids is 2. The average Bonchev–Trinajstić information content (AvgIpc) is 3.34. The lowest BCUT2D eigenvalue weighted by atomic mass is 10.0. The van der Waals surface area contributed by atoms with Crippen molar-refractivity contribution in [1.82, 2.24) is 20.4 Å². The highest BCUT2D eigenvalue weighted by atomic mass is 16.5. The number of pyridine rings is 1. The highest BCUT2D eigenvalue weighted by molar-refractivity contribution is 5.97. The number of hydrogen-bond donors (Lipinski definition) is 1. The van der Waals surface area contributed by atoms with Gasteiger partial charge in [0.05, 0.1) is 5.69 Å². The molecule has 208 valence electrons. The summed E-state index contributed by atoms with van der Waals surface area (Å²) in [5, 5.41) is 7.14. The Labute approximate surface area is 231 Å². The molecule has 1 aliphatic rings. The van der Waals surface area contributed by atoms with E-state index in [2.05, 4.69) is 40.3 Å². The van der Waals surface area contributed by atoms with Crippen LogP contribution in [0, 0.1) is 5.92 Å². The maximum Gasteiger partial charge on any atom is 0.251 e. The van der Waals surface area contributed by atoms with Gasteiger partial charge < -0.3 is 14.7 Å². The number of fused-ring (bicyclic) bond motifs is 1. The van der Waals surface area contributed by atoms with Crippen LogP contribution in [-0.4, -0.2) is 39.9 Å². The molecule has 0 aliphatic carbocycles. The number of carbonyl (C=O) groups is 2. The summed E-state index contributed by atoms with van der Waals surface area (Å²) in [7, 11) is 0. The molecular formula is C31H41N5O3. The Morgan fingerprint density at radius 3 is 2.62 bits per heavy atom. The Bertz CT molecular complexity index is 1220. The Morgan fingerprint density at radius 1 is 1.08 bits per heavy atom. The van der Waals surface area contributed by atoms with Crippen LogP contribution in [0.5, 0.6) is 0 Å². The molecule has 0 saturated carbocycles. The largest absolute Gasteiger partial charge is 0.364 e. The second-order valence-electron chi connectivity index (χ2n) is 10.9. The topological polar surface area (TPSA) is 91.6 Å². The summed E-state index contributed by atoms with van der Waals surface area (Å²) < 4.78 is 5.17. The Balaban J connectivity index is 1.59. The fraction of sp³-hybridized carbons (Fsp3) is 0.484. The lowest BCUT2D eigenvalue weighted by molar-refractivity contribution is -0.116. The molecule has 8 nitrogen and oxygen atoms in total. The van der Waals surface area contributed by atoms with Crippen LogP contribution < -0.4 is 10.2 Å². The van der Waals surface area contributed by atoms with Gasteiger partial charge in [-0.3, -0.25) is 19.5 Å². The van der Waals surface area contributed by atoms with E-state index in [1.54, 1.807) is 19.4 Å². The molecule has 2 amide bonds. The van der Waals surface area contributed by atoms with Crippen LogP contribution in [0.4, 0.5) is 5.69 Å². The normalized spacial score (nSPS) is 15.3. The van der Waals surface area contributed by atoms with Gasteiger partial charge in [-0.25, -0.2) is 0 Å². The molecule has 39 heavy (non-hydrogen) atoms. The van der Waals surface area contributed by atoms with Crippen molar-refractivity contribution in [1.29, 1.82) is 0 Å². The summed E-state index contributed by atoms with van der Waals surface area (Å²) in [4.78, 5) is 34.5. The molecule has 0 saturated heterocycles. The van der Waals surface area contributed by atoms with Gasteiger partial charge >= 0.3 is 0 Å². The molecule has 1 aromatic carbocycles. The molecule has 1 N–H and O–H groups in total. The first-order chi connectivity index (χ1) is 18.9. The van der Waals surface area contributed by atoms with Crippen LogP contribution in [-0.2, 0) is 30.8 Å². The smallest absolute Gasteiger partial charge is 0.251 e. The minimum absolute atomic E-state index is 0.0226. The van der Waals surface area contributed by atoms with E-state index in [1.807, 2.05) is 35.4 Å². The van der Waals surface area contributed by atoms with E-state index in [0.717, 1.165) is 66.8 Å². The molecular weight excluding hydrogens is 490 g/mol. The van der Waals surface area contributed by atoms with Crippen LogP contribution in [0.25, 0.3) is 0 Å². The zero-order valence-corrected chi connectivity index (χ0v) is 23.5. The number of nitrogens with one attached hydrogen (secondary N) is 1. The van der Waals surface area contributed by atoms with Crippen LogP contribution in [0.3, 0.4) is 0 Å². The van der Waals surface area contributed by atoms with Gasteiger partial charge in [0.15, 0.2) is 0 Å². The lowest BCUT2D eigenvalue weighted by Gasteiger charge is -2.29. The van der Waals surface area contributed by atoms with Crippen LogP contribution in [0.2, 0.25) is 0 Å². The number of benzene rings is 1. The summed E-state index contributed by atoms with van der Waals surface area (Å²) in [6, 6.07) is 9.76. The molecule has 0 radical (unpaired) electrons. The van der Waals surface area contributed by atoms with Crippen molar-refractivity contribution < 1.29 is 14.1 Å². The molecule has 0 spiro atoms. The fourth-order valence-electron chi connectivity index (χ4n) is 5.16. The first-order valence-electron chi connectivity index (χ1n) is 14.1. The van der Waals surface area contributed by atoms with E-state index in [0.29, 0.717) is 31.1 Å². The second-order valence-corrected chi connectivity index (χ2v) is 10.9. The third-order valence-electron chi connectivity index (χ3n) is 7.16.